The standard InChI is InChI=1S/C44H30ClN2O13P/c45-36-21-34-23(15-16-57-38(34)22-37(36)50)18-41(51)46-25-2-8-29(9-3-25)59-61(55,56)60-30-10-4-26(5-11-30)47-43(52)24-1-12-31(44(53)54)35(17-24)42-32-13-6-27(48)19-39(32)58-40-20-28(49)7-14-33(40)42/h1-15,17,19-22,48,50H,16,18H2,(H,46,51)(H,47,52)(H,53,54)(H,55,56). The minimum absolute atomic E-state index is 0.0155. The fourth-order valence-corrected chi connectivity index (χ4v) is 7.69. The number of phosphoric acid groups is 1. The minimum Gasteiger partial charge on any atom is -0.508 e. The van der Waals surface area contributed by atoms with Crippen molar-refractivity contribution in [3.63, 3.8) is 0 Å². The van der Waals surface area contributed by atoms with Crippen LogP contribution in [0.3, 0.4) is 0 Å². The van der Waals surface area contributed by atoms with Gasteiger partial charge < -0.3 is 44.2 Å². The van der Waals surface area contributed by atoms with Crippen LogP contribution in [-0.4, -0.2) is 44.6 Å². The summed E-state index contributed by atoms with van der Waals surface area (Å²) in [5.74, 6) is -2.05. The number of hydrogen-bond donors (Lipinski definition) is 6. The lowest BCUT2D eigenvalue weighted by Crippen LogP contribution is -2.14. The number of phosphoric ester groups is 1. The van der Waals surface area contributed by atoms with Crippen molar-refractivity contribution < 1.29 is 57.4 Å². The lowest BCUT2D eigenvalue weighted by atomic mass is 9.89. The van der Waals surface area contributed by atoms with E-state index in [0.29, 0.717) is 39.1 Å². The fourth-order valence-electron chi connectivity index (χ4n) is 6.72. The van der Waals surface area contributed by atoms with E-state index < -0.39 is 19.7 Å². The summed E-state index contributed by atoms with van der Waals surface area (Å²) in [5.41, 5.74) is 2.59. The monoisotopic (exact) mass is 860 g/mol. The molecule has 1 atom stereocenters. The highest BCUT2D eigenvalue weighted by Crippen LogP contribution is 2.46. The number of ether oxygens (including phenoxy) is 1. The van der Waals surface area contributed by atoms with E-state index in [1.165, 1.54) is 109 Å². The number of phenolic OH excluding ortho intramolecular Hbond substituents is 2. The zero-order valence-corrected chi connectivity index (χ0v) is 32.9. The van der Waals surface area contributed by atoms with Crippen LogP contribution in [0.1, 0.15) is 32.7 Å². The number of carboxylic acid groups (broad SMARTS) is 1. The van der Waals surface area contributed by atoms with Gasteiger partial charge in [0.15, 0.2) is 5.43 Å². The van der Waals surface area contributed by atoms with Gasteiger partial charge in [-0.25, -0.2) is 9.36 Å². The Morgan fingerprint density at radius 3 is 2.15 bits per heavy atom. The third kappa shape index (κ3) is 8.75. The number of nitrogens with one attached hydrogen (secondary N) is 2. The summed E-state index contributed by atoms with van der Waals surface area (Å²) in [5, 5.41) is 36.1. The van der Waals surface area contributed by atoms with Crippen molar-refractivity contribution in [2.45, 2.75) is 6.42 Å². The maximum Gasteiger partial charge on any atom is 0.584 e. The number of aromatic carboxylic acids is 1. The van der Waals surface area contributed by atoms with Gasteiger partial charge in [-0.05, 0) is 114 Å². The predicted octanol–water partition coefficient (Wildman–Crippen LogP) is 8.94. The van der Waals surface area contributed by atoms with E-state index in [2.05, 4.69) is 10.6 Å². The molecule has 0 fully saturated rings. The van der Waals surface area contributed by atoms with Gasteiger partial charge in [-0.3, -0.25) is 19.3 Å². The Kier molecular flexibility index (Phi) is 10.7. The Balaban J connectivity index is 0.921. The first-order valence-corrected chi connectivity index (χ1v) is 20.0. The van der Waals surface area contributed by atoms with E-state index in [4.69, 9.17) is 29.8 Å². The number of hydrogen-bond acceptors (Lipinski definition) is 11. The van der Waals surface area contributed by atoms with Gasteiger partial charge in [0.2, 0.25) is 5.91 Å². The zero-order chi connectivity index (χ0) is 43.0. The van der Waals surface area contributed by atoms with Crippen molar-refractivity contribution >= 4 is 65.1 Å². The first-order chi connectivity index (χ1) is 29.2. The van der Waals surface area contributed by atoms with Crippen molar-refractivity contribution in [3.05, 3.63) is 153 Å². The molecule has 0 saturated heterocycles. The molecule has 2 aliphatic heterocycles. The van der Waals surface area contributed by atoms with Crippen LogP contribution in [0.15, 0.2) is 131 Å². The molecule has 15 nitrogen and oxygen atoms in total. The topological polar surface area (TPSA) is 231 Å². The van der Waals surface area contributed by atoms with Gasteiger partial charge in [-0.1, -0.05) is 11.6 Å². The first kappa shape index (κ1) is 40.2. The second-order valence-corrected chi connectivity index (χ2v) is 15.3. The zero-order valence-electron chi connectivity index (χ0n) is 31.2. The van der Waals surface area contributed by atoms with Crippen molar-refractivity contribution in [2.75, 3.05) is 17.2 Å². The van der Waals surface area contributed by atoms with Crippen LogP contribution < -0.4 is 29.8 Å². The molecule has 6 N–H and O–H groups in total. The van der Waals surface area contributed by atoms with E-state index in [9.17, 15) is 44.0 Å². The Hall–Kier alpha value is -7.58. The fraction of sp³-hybridized carbons (Fsp3) is 0.0455. The maximum absolute atomic E-state index is 13.5. The Morgan fingerprint density at radius 1 is 0.770 bits per heavy atom. The molecule has 8 rings (SSSR count). The highest BCUT2D eigenvalue weighted by molar-refractivity contribution is 7.48. The molecule has 0 aromatic heterocycles. The second kappa shape index (κ2) is 16.2. The molecular formula is C44H30ClN2O13P. The Bertz CT molecular complexity index is 3020. The van der Waals surface area contributed by atoms with Crippen LogP contribution in [0.5, 0.6) is 28.7 Å². The van der Waals surface area contributed by atoms with Crippen LogP contribution in [0.4, 0.5) is 11.4 Å². The van der Waals surface area contributed by atoms with Crippen LogP contribution >= 0.6 is 19.4 Å². The summed E-state index contributed by atoms with van der Waals surface area (Å²) in [6.45, 7) is 0.214. The molecule has 0 saturated carbocycles. The summed E-state index contributed by atoms with van der Waals surface area (Å²) < 4.78 is 34.8. The van der Waals surface area contributed by atoms with Crippen molar-refractivity contribution in [2.24, 2.45) is 0 Å². The third-order valence-electron chi connectivity index (χ3n) is 9.46. The number of halogens is 1. The molecular weight excluding hydrogens is 831 g/mol. The number of carbonyl (C=O) groups excluding carboxylic acids is 2. The van der Waals surface area contributed by atoms with Gasteiger partial charge in [0.25, 0.3) is 5.91 Å². The van der Waals surface area contributed by atoms with Crippen molar-refractivity contribution in [1.82, 2.24) is 0 Å². The van der Waals surface area contributed by atoms with Crippen molar-refractivity contribution in [1.29, 1.82) is 0 Å². The molecule has 1 unspecified atom stereocenters. The van der Waals surface area contributed by atoms with E-state index in [1.807, 2.05) is 0 Å². The highest BCUT2D eigenvalue weighted by Gasteiger charge is 2.27. The third-order valence-corrected chi connectivity index (χ3v) is 10.7. The van der Waals surface area contributed by atoms with Crippen LogP contribution in [-0.2, 0) is 9.36 Å². The smallest absolute Gasteiger partial charge is 0.508 e. The predicted molar refractivity (Wildman–Crippen MR) is 225 cm³/mol. The summed E-state index contributed by atoms with van der Waals surface area (Å²) in [6.07, 6.45) is 1.72. The summed E-state index contributed by atoms with van der Waals surface area (Å²) in [6, 6.07) is 26.4. The molecule has 3 aliphatic rings. The molecule has 5 aromatic carbocycles. The van der Waals surface area contributed by atoms with E-state index in [-0.39, 0.29) is 86.1 Å². The summed E-state index contributed by atoms with van der Waals surface area (Å²) in [4.78, 5) is 61.5. The number of carbonyl (C=O) groups is 3. The van der Waals surface area contributed by atoms with Crippen LogP contribution in [0.2, 0.25) is 5.02 Å². The van der Waals surface area contributed by atoms with Gasteiger partial charge in [-0.15, -0.1) is 0 Å². The molecule has 61 heavy (non-hydrogen) atoms. The minimum atomic E-state index is -4.73. The average Bonchev–Trinajstić information content (AvgIpc) is 3.21. The number of anilines is 2. The molecule has 0 bridgehead atoms. The van der Waals surface area contributed by atoms with Gasteiger partial charge in [0.1, 0.15) is 46.7 Å². The SMILES string of the molecule is O=C(CC1=CCOc2cc(O)c(Cl)cc21)Nc1ccc(OP(=O)(O)Oc2ccc(NC(=O)c3ccc(C(=O)O)c(-c4c5ccc(=O)cc-5oc5cc(O)ccc45)c3)cc2)cc1. The molecule has 2 heterocycles. The number of fused-ring (bicyclic) bond motifs is 3. The second-order valence-electron chi connectivity index (χ2n) is 13.6. The van der Waals surface area contributed by atoms with E-state index >= 15 is 0 Å². The Morgan fingerprint density at radius 2 is 1.46 bits per heavy atom. The molecule has 0 radical (unpaired) electrons. The number of aromatic hydroxyl groups is 2. The number of carboxylic acids is 1. The largest absolute Gasteiger partial charge is 0.584 e. The normalized spacial score (nSPS) is 13.0. The lowest BCUT2D eigenvalue weighted by molar-refractivity contribution is -0.115. The molecule has 0 spiro atoms. The highest BCUT2D eigenvalue weighted by atomic mass is 35.5. The summed E-state index contributed by atoms with van der Waals surface area (Å²) in [7, 11) is -4.73. The maximum atomic E-state index is 13.5. The molecule has 17 heteroatoms. The lowest BCUT2D eigenvalue weighted by Gasteiger charge is -2.19. The number of amides is 2. The number of phenols is 2. The Labute approximate surface area is 349 Å². The molecule has 5 aromatic rings. The van der Waals surface area contributed by atoms with Gasteiger partial charge in [-0.2, -0.15) is 0 Å². The van der Waals surface area contributed by atoms with E-state index in [0.717, 1.165) is 0 Å². The molecule has 2 amide bonds. The van der Waals surface area contributed by atoms with Crippen LogP contribution in [0, 0.1) is 0 Å². The van der Waals surface area contributed by atoms with Gasteiger partial charge in [0, 0.05) is 57.2 Å². The molecule has 306 valence electrons. The molecule has 1 aliphatic carbocycles. The van der Waals surface area contributed by atoms with Gasteiger partial charge in [0.05, 0.1) is 17.0 Å². The average molecular weight is 861 g/mol. The summed E-state index contributed by atoms with van der Waals surface area (Å²) >= 11 is 6.05. The van der Waals surface area contributed by atoms with Gasteiger partial charge >= 0.3 is 13.8 Å². The number of benzene rings is 6. The van der Waals surface area contributed by atoms with Crippen molar-refractivity contribution in [3.8, 4) is 51.2 Å². The first-order valence-electron chi connectivity index (χ1n) is 18.1. The van der Waals surface area contributed by atoms with E-state index in [1.54, 1.807) is 12.1 Å². The van der Waals surface area contributed by atoms with Crippen LogP contribution in [0.25, 0.3) is 39.0 Å². The number of rotatable bonds is 11. The quantitative estimate of drug-likeness (QED) is 0.0528.